The highest BCUT2D eigenvalue weighted by molar-refractivity contribution is 9.10. The third kappa shape index (κ3) is 4.40. The molecule has 1 aromatic heterocycles. The van der Waals surface area contributed by atoms with Gasteiger partial charge in [0.25, 0.3) is 0 Å². The zero-order chi connectivity index (χ0) is 10.4. The number of aromatic nitrogens is 1. The van der Waals surface area contributed by atoms with Gasteiger partial charge in [0.15, 0.2) is 0 Å². The normalized spacial score (nSPS) is 12.8. The summed E-state index contributed by atoms with van der Waals surface area (Å²) in [6.45, 7) is 2.97. The first kappa shape index (κ1) is 12.0. The summed E-state index contributed by atoms with van der Waals surface area (Å²) >= 11 is 9.03. The number of hydrogen-bond acceptors (Lipinski definition) is 2. The molecular weight excluding hydrogens is 263 g/mol. The molecule has 0 fully saturated rings. The van der Waals surface area contributed by atoms with Crippen molar-refractivity contribution in [3.05, 3.63) is 28.5 Å². The predicted octanol–water partition coefficient (Wildman–Crippen LogP) is 2.95. The zero-order valence-corrected chi connectivity index (χ0v) is 10.5. The molecule has 0 bridgehead atoms. The summed E-state index contributed by atoms with van der Waals surface area (Å²) in [5, 5.41) is 3.38. The molecule has 1 rings (SSSR count). The number of nitrogens with one attached hydrogen (secondary N) is 1. The Morgan fingerprint density at radius 3 is 3.00 bits per heavy atom. The molecular formula is C10H14BrClN2. The van der Waals surface area contributed by atoms with E-state index in [0.717, 1.165) is 17.4 Å². The lowest BCUT2D eigenvalue weighted by molar-refractivity contribution is 0.535. The lowest BCUT2D eigenvalue weighted by atomic mass is 10.2. The van der Waals surface area contributed by atoms with Crippen LogP contribution in [0.5, 0.6) is 0 Å². The average molecular weight is 278 g/mol. The van der Waals surface area contributed by atoms with E-state index in [-0.39, 0.29) is 0 Å². The topological polar surface area (TPSA) is 24.9 Å². The fourth-order valence-electron chi connectivity index (χ4n) is 1.11. The Morgan fingerprint density at radius 1 is 1.57 bits per heavy atom. The molecule has 1 heterocycles. The van der Waals surface area contributed by atoms with Gasteiger partial charge in [-0.2, -0.15) is 0 Å². The van der Waals surface area contributed by atoms with E-state index in [2.05, 4.69) is 39.2 Å². The summed E-state index contributed by atoms with van der Waals surface area (Å²) in [5.74, 6) is 0.699. The molecule has 0 aliphatic heterocycles. The lowest BCUT2D eigenvalue weighted by Crippen LogP contribution is -2.25. The summed E-state index contributed by atoms with van der Waals surface area (Å²) in [5.41, 5.74) is 1.18. The van der Waals surface area contributed by atoms with Crippen molar-refractivity contribution in [3.63, 3.8) is 0 Å². The number of halogens is 2. The standard InChI is InChI=1S/C10H14BrClN2/c1-8(2-3-12)14-6-9-4-10(11)7-13-5-9/h4-5,7-8,14H,2-3,6H2,1H3. The maximum absolute atomic E-state index is 5.64. The maximum atomic E-state index is 5.64. The Bertz CT molecular complexity index is 281. The quantitative estimate of drug-likeness (QED) is 0.837. The van der Waals surface area contributed by atoms with Crippen LogP contribution in [0.2, 0.25) is 0 Å². The van der Waals surface area contributed by atoms with E-state index >= 15 is 0 Å². The lowest BCUT2D eigenvalue weighted by Gasteiger charge is -2.11. The van der Waals surface area contributed by atoms with Gasteiger partial charge < -0.3 is 5.32 Å². The van der Waals surface area contributed by atoms with Crippen molar-refractivity contribution in [2.24, 2.45) is 0 Å². The van der Waals surface area contributed by atoms with Crippen LogP contribution in [0.25, 0.3) is 0 Å². The SMILES string of the molecule is CC(CCCl)NCc1cncc(Br)c1. The highest BCUT2D eigenvalue weighted by Gasteiger charge is 2.00. The largest absolute Gasteiger partial charge is 0.310 e. The Morgan fingerprint density at radius 2 is 2.36 bits per heavy atom. The fourth-order valence-corrected chi connectivity index (χ4v) is 1.85. The molecule has 0 aliphatic carbocycles. The van der Waals surface area contributed by atoms with Gasteiger partial charge in [-0.25, -0.2) is 0 Å². The molecule has 0 spiro atoms. The van der Waals surface area contributed by atoms with Crippen molar-refractivity contribution >= 4 is 27.5 Å². The number of alkyl halides is 1. The Hall–Kier alpha value is -0.120. The monoisotopic (exact) mass is 276 g/mol. The Kier molecular flexibility index (Phi) is 5.45. The van der Waals surface area contributed by atoms with Crippen LogP contribution in [-0.4, -0.2) is 16.9 Å². The second-order valence-corrected chi connectivity index (χ2v) is 4.56. The molecule has 4 heteroatoms. The molecule has 2 nitrogen and oxygen atoms in total. The molecule has 0 saturated carbocycles. The van der Waals surface area contributed by atoms with Crippen LogP contribution in [-0.2, 0) is 6.54 Å². The van der Waals surface area contributed by atoms with Crippen LogP contribution in [0.3, 0.4) is 0 Å². The third-order valence-corrected chi connectivity index (χ3v) is 2.61. The van der Waals surface area contributed by atoms with Crippen molar-refractivity contribution in [2.75, 3.05) is 5.88 Å². The molecule has 1 unspecified atom stereocenters. The maximum Gasteiger partial charge on any atom is 0.0410 e. The molecule has 1 N–H and O–H groups in total. The minimum atomic E-state index is 0.450. The zero-order valence-electron chi connectivity index (χ0n) is 8.13. The summed E-state index contributed by atoms with van der Waals surface area (Å²) in [6.07, 6.45) is 4.64. The van der Waals surface area contributed by atoms with Crippen molar-refractivity contribution in [3.8, 4) is 0 Å². The number of nitrogens with zero attached hydrogens (tertiary/aromatic N) is 1. The van der Waals surface area contributed by atoms with Crippen LogP contribution < -0.4 is 5.32 Å². The highest BCUT2D eigenvalue weighted by atomic mass is 79.9. The average Bonchev–Trinajstić information content (AvgIpc) is 2.15. The second kappa shape index (κ2) is 6.38. The van der Waals surface area contributed by atoms with Crippen molar-refractivity contribution in [2.45, 2.75) is 25.9 Å². The van der Waals surface area contributed by atoms with Crippen molar-refractivity contribution in [1.29, 1.82) is 0 Å². The van der Waals surface area contributed by atoms with Gasteiger partial charge in [0.2, 0.25) is 0 Å². The van der Waals surface area contributed by atoms with Gasteiger partial charge in [-0.1, -0.05) is 0 Å². The minimum absolute atomic E-state index is 0.450. The molecule has 0 radical (unpaired) electrons. The van der Waals surface area contributed by atoms with E-state index in [4.69, 9.17) is 11.6 Å². The van der Waals surface area contributed by atoms with E-state index in [1.165, 1.54) is 5.56 Å². The van der Waals surface area contributed by atoms with E-state index in [1.807, 2.05) is 6.20 Å². The molecule has 1 atom stereocenters. The van der Waals surface area contributed by atoms with Crippen LogP contribution in [0.1, 0.15) is 18.9 Å². The van der Waals surface area contributed by atoms with Gasteiger partial charge in [0.1, 0.15) is 0 Å². The molecule has 0 amide bonds. The van der Waals surface area contributed by atoms with E-state index in [0.29, 0.717) is 11.9 Å². The van der Waals surface area contributed by atoms with E-state index < -0.39 is 0 Å². The summed E-state index contributed by atoms with van der Waals surface area (Å²) < 4.78 is 1.02. The summed E-state index contributed by atoms with van der Waals surface area (Å²) in [4.78, 5) is 4.10. The first-order valence-corrected chi connectivity index (χ1v) is 5.94. The van der Waals surface area contributed by atoms with Crippen LogP contribution in [0.15, 0.2) is 22.9 Å². The summed E-state index contributed by atoms with van der Waals surface area (Å²) in [7, 11) is 0. The van der Waals surface area contributed by atoms with Crippen molar-refractivity contribution in [1.82, 2.24) is 10.3 Å². The van der Waals surface area contributed by atoms with Gasteiger partial charge in [-0.15, -0.1) is 11.6 Å². The van der Waals surface area contributed by atoms with Gasteiger partial charge in [-0.3, -0.25) is 4.98 Å². The predicted molar refractivity (Wildman–Crippen MR) is 63.6 cm³/mol. The Labute approximate surface area is 98.2 Å². The highest BCUT2D eigenvalue weighted by Crippen LogP contribution is 2.09. The van der Waals surface area contributed by atoms with Gasteiger partial charge >= 0.3 is 0 Å². The van der Waals surface area contributed by atoms with Crippen molar-refractivity contribution < 1.29 is 0 Å². The molecule has 14 heavy (non-hydrogen) atoms. The van der Waals surface area contributed by atoms with Gasteiger partial charge in [0.05, 0.1) is 0 Å². The Balaban J connectivity index is 2.37. The van der Waals surface area contributed by atoms with Crippen LogP contribution in [0, 0.1) is 0 Å². The first-order chi connectivity index (χ1) is 6.72. The third-order valence-electron chi connectivity index (χ3n) is 1.96. The van der Waals surface area contributed by atoms with Gasteiger partial charge in [0, 0.05) is 35.3 Å². The van der Waals surface area contributed by atoms with E-state index in [9.17, 15) is 0 Å². The minimum Gasteiger partial charge on any atom is -0.310 e. The number of pyridine rings is 1. The number of rotatable bonds is 5. The smallest absolute Gasteiger partial charge is 0.0410 e. The molecule has 0 saturated heterocycles. The van der Waals surface area contributed by atoms with Gasteiger partial charge in [-0.05, 0) is 40.9 Å². The molecule has 0 aromatic carbocycles. The fraction of sp³-hybridized carbons (Fsp3) is 0.500. The molecule has 0 aliphatic rings. The number of hydrogen-bond donors (Lipinski definition) is 1. The molecule has 78 valence electrons. The van der Waals surface area contributed by atoms with E-state index in [1.54, 1.807) is 6.20 Å². The second-order valence-electron chi connectivity index (χ2n) is 3.27. The first-order valence-electron chi connectivity index (χ1n) is 4.61. The van der Waals surface area contributed by atoms with Crippen LogP contribution in [0.4, 0.5) is 0 Å². The molecule has 1 aromatic rings. The van der Waals surface area contributed by atoms with Crippen LogP contribution >= 0.6 is 27.5 Å². The summed E-state index contributed by atoms with van der Waals surface area (Å²) in [6, 6.07) is 2.51.